The van der Waals surface area contributed by atoms with E-state index in [0.29, 0.717) is 34.1 Å². The lowest BCUT2D eigenvalue weighted by Crippen LogP contribution is -2.57. The van der Waals surface area contributed by atoms with E-state index in [2.05, 4.69) is 28.4 Å². The van der Waals surface area contributed by atoms with Crippen LogP contribution in [0.2, 0.25) is 5.02 Å². The molecule has 2 aromatic rings. The summed E-state index contributed by atoms with van der Waals surface area (Å²) < 4.78 is 12.8. The van der Waals surface area contributed by atoms with Gasteiger partial charge in [0.15, 0.2) is 0 Å². The third-order valence-electron chi connectivity index (χ3n) is 7.72. The van der Waals surface area contributed by atoms with Crippen LogP contribution >= 0.6 is 11.6 Å². The first kappa shape index (κ1) is 20.5. The number of rotatable bonds is 4. The third kappa shape index (κ3) is 3.00. The van der Waals surface area contributed by atoms with E-state index < -0.39 is 16.3 Å². The monoisotopic (exact) mass is 468 g/mol. The number of nitrogens with one attached hydrogen (secondary N) is 1. The zero-order valence-electron chi connectivity index (χ0n) is 17.8. The van der Waals surface area contributed by atoms with Crippen molar-refractivity contribution in [3.8, 4) is 6.07 Å². The molecular formula is C24H25ClN4O2S. The lowest BCUT2D eigenvalue weighted by atomic mass is 9.76. The van der Waals surface area contributed by atoms with Crippen LogP contribution in [-0.4, -0.2) is 45.3 Å². The SMILES string of the molecule is N#Cc1c(N2CC3(Cc4ccc(Cl)cc4C3)C2)nc2c(c1NC1(CO)CCC1)[S@](=O)CC2. The minimum Gasteiger partial charge on any atom is -0.394 e. The maximum Gasteiger partial charge on any atom is 0.149 e. The highest BCUT2D eigenvalue weighted by Gasteiger charge is 2.49. The van der Waals surface area contributed by atoms with Gasteiger partial charge in [-0.3, -0.25) is 4.21 Å². The van der Waals surface area contributed by atoms with Gasteiger partial charge in [0, 0.05) is 35.7 Å². The molecule has 4 aliphatic rings. The highest BCUT2D eigenvalue weighted by molar-refractivity contribution is 7.85. The van der Waals surface area contributed by atoms with Gasteiger partial charge in [-0.2, -0.15) is 5.26 Å². The van der Waals surface area contributed by atoms with E-state index in [1.165, 1.54) is 11.1 Å². The van der Waals surface area contributed by atoms with Gasteiger partial charge in [0.25, 0.3) is 0 Å². The number of aryl methyl sites for hydroxylation is 1. The number of nitrogens with zero attached hydrogens (tertiary/aromatic N) is 3. The molecule has 3 heterocycles. The molecule has 2 fully saturated rings. The molecule has 1 aromatic heterocycles. The van der Waals surface area contributed by atoms with Crippen LogP contribution in [0.15, 0.2) is 23.1 Å². The Hall–Kier alpha value is -2.14. The van der Waals surface area contributed by atoms with Gasteiger partial charge < -0.3 is 15.3 Å². The molecule has 6 rings (SSSR count). The van der Waals surface area contributed by atoms with Crippen molar-refractivity contribution < 1.29 is 9.32 Å². The minimum atomic E-state index is -1.17. The van der Waals surface area contributed by atoms with E-state index in [1.54, 1.807) is 0 Å². The molecule has 2 N–H and O–H groups in total. The smallest absolute Gasteiger partial charge is 0.149 e. The molecule has 8 heteroatoms. The van der Waals surface area contributed by atoms with Crippen molar-refractivity contribution >= 4 is 33.9 Å². The standard InChI is InChI=1S/C24H25ClN4O2S/c25-17-3-2-15-9-23(10-16(15)8-17)12-29(13-23)22-18(11-26)20(28-24(14-30)5-1-6-24)21-19(27-22)4-7-32(21)31/h2-3,8,30H,1,4-7,9-10,12-14H2,(H,27,28)/t32-/m1/s1. The van der Waals surface area contributed by atoms with Gasteiger partial charge in [-0.25, -0.2) is 4.98 Å². The molecule has 1 spiro atoms. The van der Waals surface area contributed by atoms with Crippen molar-refractivity contribution in [2.75, 3.05) is 35.7 Å². The summed E-state index contributed by atoms with van der Waals surface area (Å²) in [6, 6.07) is 8.53. The Balaban J connectivity index is 1.34. The lowest BCUT2D eigenvalue weighted by molar-refractivity contribution is 0.144. The number of pyridine rings is 1. The molecule has 1 atom stereocenters. The third-order valence-corrected chi connectivity index (χ3v) is 9.43. The summed E-state index contributed by atoms with van der Waals surface area (Å²) in [6.45, 7) is 1.69. The Morgan fingerprint density at radius 1 is 1.28 bits per heavy atom. The van der Waals surface area contributed by atoms with Gasteiger partial charge in [0.05, 0.1) is 39.2 Å². The molecule has 0 amide bonds. The average Bonchev–Trinajstić information content (AvgIpc) is 3.29. The van der Waals surface area contributed by atoms with Gasteiger partial charge >= 0.3 is 0 Å². The van der Waals surface area contributed by atoms with Crippen molar-refractivity contribution in [1.82, 2.24) is 4.98 Å². The van der Waals surface area contributed by atoms with Gasteiger partial charge in [0.1, 0.15) is 17.5 Å². The van der Waals surface area contributed by atoms with Crippen molar-refractivity contribution in [2.24, 2.45) is 5.41 Å². The van der Waals surface area contributed by atoms with Crippen molar-refractivity contribution in [3.63, 3.8) is 0 Å². The number of hydrogen-bond acceptors (Lipinski definition) is 6. The fourth-order valence-electron chi connectivity index (χ4n) is 5.89. The predicted molar refractivity (Wildman–Crippen MR) is 125 cm³/mol. The minimum absolute atomic E-state index is 0.00454. The number of hydrogen-bond donors (Lipinski definition) is 2. The molecule has 1 saturated carbocycles. The molecule has 1 saturated heterocycles. The van der Waals surface area contributed by atoms with E-state index in [1.807, 2.05) is 6.07 Å². The molecule has 0 unspecified atom stereocenters. The number of nitriles is 1. The molecule has 32 heavy (non-hydrogen) atoms. The van der Waals surface area contributed by atoms with Crippen LogP contribution in [0.3, 0.4) is 0 Å². The molecule has 2 aliphatic heterocycles. The Bertz CT molecular complexity index is 1190. The lowest BCUT2D eigenvalue weighted by Gasteiger charge is -2.49. The zero-order valence-corrected chi connectivity index (χ0v) is 19.4. The van der Waals surface area contributed by atoms with Crippen molar-refractivity contribution in [2.45, 2.75) is 49.0 Å². The fraction of sp³-hybridized carbons (Fsp3) is 0.500. The van der Waals surface area contributed by atoms with Crippen LogP contribution in [0.1, 0.15) is 41.6 Å². The second-order valence-electron chi connectivity index (χ2n) is 9.91. The van der Waals surface area contributed by atoms with Crippen molar-refractivity contribution in [1.29, 1.82) is 5.26 Å². The van der Waals surface area contributed by atoms with Gasteiger partial charge in [0.2, 0.25) is 0 Å². The van der Waals surface area contributed by atoms with Gasteiger partial charge in [-0.05, 0) is 55.4 Å². The Morgan fingerprint density at radius 2 is 2.06 bits per heavy atom. The quantitative estimate of drug-likeness (QED) is 0.716. The Kier molecular flexibility index (Phi) is 4.59. The second kappa shape index (κ2) is 7.18. The van der Waals surface area contributed by atoms with E-state index >= 15 is 0 Å². The second-order valence-corrected chi connectivity index (χ2v) is 11.9. The van der Waals surface area contributed by atoms with Crippen LogP contribution in [0.25, 0.3) is 0 Å². The molecule has 1 aromatic carbocycles. The summed E-state index contributed by atoms with van der Waals surface area (Å²) in [5, 5.41) is 24.4. The van der Waals surface area contributed by atoms with E-state index in [4.69, 9.17) is 16.6 Å². The molecule has 0 radical (unpaired) electrons. The molecular weight excluding hydrogens is 444 g/mol. The molecule has 0 bridgehead atoms. The number of aliphatic hydroxyl groups is 1. The van der Waals surface area contributed by atoms with Crippen LogP contribution < -0.4 is 10.2 Å². The number of fused-ring (bicyclic) bond motifs is 2. The molecule has 2 aliphatic carbocycles. The van der Waals surface area contributed by atoms with Crippen LogP contribution in [0, 0.1) is 16.7 Å². The Morgan fingerprint density at radius 3 is 2.75 bits per heavy atom. The summed E-state index contributed by atoms with van der Waals surface area (Å²) >= 11 is 6.20. The maximum atomic E-state index is 12.8. The van der Waals surface area contributed by atoms with Crippen LogP contribution in [0.4, 0.5) is 11.5 Å². The highest BCUT2D eigenvalue weighted by atomic mass is 35.5. The Labute approximate surface area is 195 Å². The first-order valence-corrected chi connectivity index (χ1v) is 12.9. The summed E-state index contributed by atoms with van der Waals surface area (Å²) in [5.41, 5.74) is 4.36. The van der Waals surface area contributed by atoms with Gasteiger partial charge in [-0.1, -0.05) is 17.7 Å². The number of anilines is 2. The molecule has 166 valence electrons. The first-order chi connectivity index (χ1) is 15.4. The maximum absolute atomic E-state index is 12.8. The fourth-order valence-corrected chi connectivity index (χ4v) is 7.46. The highest BCUT2D eigenvalue weighted by Crippen LogP contribution is 2.48. The average molecular weight is 469 g/mol. The largest absolute Gasteiger partial charge is 0.394 e. The molecule has 6 nitrogen and oxygen atoms in total. The van der Waals surface area contributed by atoms with Gasteiger partial charge in [-0.15, -0.1) is 0 Å². The first-order valence-electron chi connectivity index (χ1n) is 11.2. The van der Waals surface area contributed by atoms with E-state index in [-0.39, 0.29) is 12.0 Å². The van der Waals surface area contributed by atoms with E-state index in [9.17, 15) is 14.6 Å². The summed E-state index contributed by atoms with van der Waals surface area (Å²) in [4.78, 5) is 7.73. The topological polar surface area (TPSA) is 89.2 Å². The summed E-state index contributed by atoms with van der Waals surface area (Å²) in [7, 11) is -1.17. The number of aliphatic hydroxyl groups excluding tert-OH is 1. The zero-order chi connectivity index (χ0) is 22.1. The number of halogens is 1. The predicted octanol–water partition coefficient (Wildman–Crippen LogP) is 3.20. The summed E-state index contributed by atoms with van der Waals surface area (Å²) in [6.07, 6.45) is 5.41. The number of benzene rings is 1. The van der Waals surface area contributed by atoms with Crippen LogP contribution in [0.5, 0.6) is 0 Å². The normalized spacial score (nSPS) is 23.8. The number of aromatic nitrogens is 1. The van der Waals surface area contributed by atoms with Crippen LogP contribution in [-0.2, 0) is 30.1 Å². The van der Waals surface area contributed by atoms with Crippen molar-refractivity contribution in [3.05, 3.63) is 45.6 Å². The summed E-state index contributed by atoms with van der Waals surface area (Å²) in [5.74, 6) is 1.23. The van der Waals surface area contributed by atoms with E-state index in [0.717, 1.165) is 55.9 Å².